The van der Waals surface area contributed by atoms with Crippen molar-refractivity contribution in [1.82, 2.24) is 20.5 Å². The number of hydrogen-bond acceptors (Lipinski definition) is 6. The molecule has 7 nitrogen and oxygen atoms in total. The molecule has 1 saturated carbocycles. The van der Waals surface area contributed by atoms with Crippen LogP contribution in [0.3, 0.4) is 0 Å². The Morgan fingerprint density at radius 1 is 1.38 bits per heavy atom. The Kier molecular flexibility index (Phi) is 10.0. The zero-order valence-corrected chi connectivity index (χ0v) is 22.0. The number of hydrogen-bond donors (Lipinski definition) is 2. The lowest BCUT2D eigenvalue weighted by atomic mass is 10.1. The standard InChI is InChI=1S/C23H33N5O2S.HI/c1-17-15-28(9-10-29-17)20(21-4-3-11-31-21)14-27-23(24-2)26-13-19-7-8-25-22(12-19)30-16-18-5-6-18;/h3-4,7-8,11-12,17-18,20H,5-6,9-10,13-16H2,1-2H3,(H2,24,26,27);1H. The van der Waals surface area contributed by atoms with Crippen LogP contribution in [0.5, 0.6) is 5.88 Å². The number of rotatable bonds is 9. The number of morpholine rings is 1. The van der Waals surface area contributed by atoms with Crippen LogP contribution in [0.25, 0.3) is 0 Å². The molecule has 1 aliphatic carbocycles. The van der Waals surface area contributed by atoms with Gasteiger partial charge in [-0.2, -0.15) is 0 Å². The van der Waals surface area contributed by atoms with E-state index in [1.165, 1.54) is 17.7 Å². The smallest absolute Gasteiger partial charge is 0.213 e. The van der Waals surface area contributed by atoms with Gasteiger partial charge in [0.1, 0.15) is 0 Å². The average molecular weight is 572 g/mol. The molecule has 0 amide bonds. The van der Waals surface area contributed by atoms with Gasteiger partial charge in [0.25, 0.3) is 0 Å². The van der Waals surface area contributed by atoms with Gasteiger partial charge in [0, 0.05) is 50.4 Å². The summed E-state index contributed by atoms with van der Waals surface area (Å²) >= 11 is 1.80. The van der Waals surface area contributed by atoms with Crippen molar-refractivity contribution in [2.75, 3.05) is 39.9 Å². The number of guanidine groups is 1. The van der Waals surface area contributed by atoms with E-state index >= 15 is 0 Å². The second kappa shape index (κ2) is 12.7. The second-order valence-electron chi connectivity index (χ2n) is 8.27. The van der Waals surface area contributed by atoms with E-state index in [4.69, 9.17) is 9.47 Å². The first-order valence-electron chi connectivity index (χ1n) is 11.1. The first kappa shape index (κ1) is 25.2. The number of pyridine rings is 1. The molecule has 2 aliphatic rings. The molecule has 0 aromatic carbocycles. The van der Waals surface area contributed by atoms with Crippen molar-refractivity contribution < 1.29 is 9.47 Å². The van der Waals surface area contributed by atoms with E-state index in [1.54, 1.807) is 11.3 Å². The highest BCUT2D eigenvalue weighted by Gasteiger charge is 2.26. The highest BCUT2D eigenvalue weighted by molar-refractivity contribution is 14.0. The first-order chi connectivity index (χ1) is 15.2. The van der Waals surface area contributed by atoms with Crippen molar-refractivity contribution in [2.24, 2.45) is 10.9 Å². The first-order valence-corrected chi connectivity index (χ1v) is 12.0. The zero-order chi connectivity index (χ0) is 21.5. The third-order valence-electron chi connectivity index (χ3n) is 5.69. The van der Waals surface area contributed by atoms with Gasteiger partial charge in [-0.25, -0.2) is 4.98 Å². The summed E-state index contributed by atoms with van der Waals surface area (Å²) in [7, 11) is 1.81. The molecule has 32 heavy (non-hydrogen) atoms. The number of aromatic nitrogens is 1. The fourth-order valence-corrected chi connectivity index (χ4v) is 4.61. The molecule has 1 aliphatic heterocycles. The van der Waals surface area contributed by atoms with E-state index in [2.05, 4.69) is 49.9 Å². The molecule has 176 valence electrons. The van der Waals surface area contributed by atoms with Gasteiger partial charge in [0.05, 0.1) is 25.4 Å². The number of aliphatic imine (C=N–C) groups is 1. The van der Waals surface area contributed by atoms with Crippen LogP contribution in [0.15, 0.2) is 40.8 Å². The van der Waals surface area contributed by atoms with Gasteiger partial charge < -0.3 is 20.1 Å². The molecule has 2 aromatic heterocycles. The second-order valence-corrected chi connectivity index (χ2v) is 9.25. The van der Waals surface area contributed by atoms with Gasteiger partial charge in [0.15, 0.2) is 5.96 Å². The minimum atomic E-state index is 0. The molecule has 3 heterocycles. The van der Waals surface area contributed by atoms with Crippen molar-refractivity contribution in [1.29, 1.82) is 0 Å². The van der Waals surface area contributed by atoms with Crippen molar-refractivity contribution >= 4 is 41.3 Å². The normalized spacial score (nSPS) is 20.3. The lowest BCUT2D eigenvalue weighted by Gasteiger charge is -2.37. The summed E-state index contributed by atoms with van der Waals surface area (Å²) in [6, 6.07) is 8.65. The van der Waals surface area contributed by atoms with Crippen LogP contribution in [-0.2, 0) is 11.3 Å². The average Bonchev–Trinajstić information content (AvgIpc) is 3.47. The fourth-order valence-electron chi connectivity index (χ4n) is 3.75. The van der Waals surface area contributed by atoms with Gasteiger partial charge in [0.2, 0.25) is 5.88 Å². The Morgan fingerprint density at radius 3 is 2.97 bits per heavy atom. The Labute approximate surface area is 212 Å². The number of ether oxygens (including phenoxy) is 2. The summed E-state index contributed by atoms with van der Waals surface area (Å²) in [6.45, 7) is 7.04. The van der Waals surface area contributed by atoms with E-state index in [0.29, 0.717) is 18.5 Å². The van der Waals surface area contributed by atoms with Crippen molar-refractivity contribution in [3.63, 3.8) is 0 Å². The van der Waals surface area contributed by atoms with Gasteiger partial charge in [-0.05, 0) is 48.8 Å². The summed E-state index contributed by atoms with van der Waals surface area (Å²) in [6.07, 6.45) is 4.62. The van der Waals surface area contributed by atoms with E-state index in [9.17, 15) is 0 Å². The zero-order valence-electron chi connectivity index (χ0n) is 18.8. The minimum absolute atomic E-state index is 0. The molecule has 2 fully saturated rings. The molecule has 2 unspecified atom stereocenters. The molecule has 0 radical (unpaired) electrons. The van der Waals surface area contributed by atoms with E-state index in [-0.39, 0.29) is 30.1 Å². The van der Waals surface area contributed by atoms with Gasteiger partial charge >= 0.3 is 0 Å². The highest BCUT2D eigenvalue weighted by atomic mass is 127. The largest absolute Gasteiger partial charge is 0.477 e. The molecule has 2 N–H and O–H groups in total. The molecule has 0 spiro atoms. The van der Waals surface area contributed by atoms with Crippen LogP contribution in [0, 0.1) is 5.92 Å². The van der Waals surface area contributed by atoms with Crippen LogP contribution in [0.2, 0.25) is 0 Å². The SMILES string of the molecule is CN=C(NCc1ccnc(OCC2CC2)c1)NCC(c1cccs1)N1CCOC(C)C1.I. The Bertz CT molecular complexity index is 847. The van der Waals surface area contributed by atoms with Crippen LogP contribution in [-0.4, -0.2) is 61.8 Å². The monoisotopic (exact) mass is 571 g/mol. The molecule has 0 bridgehead atoms. The molecule has 2 atom stereocenters. The summed E-state index contributed by atoms with van der Waals surface area (Å²) in [5.74, 6) is 2.21. The van der Waals surface area contributed by atoms with E-state index < -0.39 is 0 Å². The molecule has 1 saturated heterocycles. The Hall–Kier alpha value is -1.43. The van der Waals surface area contributed by atoms with Gasteiger partial charge in [-0.15, -0.1) is 35.3 Å². The topological polar surface area (TPSA) is 71.0 Å². The maximum Gasteiger partial charge on any atom is 0.213 e. The number of halogens is 1. The predicted molar refractivity (Wildman–Crippen MR) is 140 cm³/mol. The third-order valence-corrected chi connectivity index (χ3v) is 6.67. The Morgan fingerprint density at radius 2 is 2.25 bits per heavy atom. The highest BCUT2D eigenvalue weighted by Crippen LogP contribution is 2.29. The van der Waals surface area contributed by atoms with E-state index in [1.807, 2.05) is 25.4 Å². The molecule has 4 rings (SSSR count). The number of thiophene rings is 1. The third kappa shape index (κ3) is 7.57. The summed E-state index contributed by atoms with van der Waals surface area (Å²) < 4.78 is 11.5. The lowest BCUT2D eigenvalue weighted by Crippen LogP contribution is -2.47. The molecular formula is C23H34IN5O2S. The summed E-state index contributed by atoms with van der Waals surface area (Å²) in [5, 5.41) is 9.08. The van der Waals surface area contributed by atoms with Gasteiger partial charge in [-0.3, -0.25) is 9.89 Å². The van der Waals surface area contributed by atoms with Crippen molar-refractivity contribution in [2.45, 2.75) is 38.5 Å². The molecular weight excluding hydrogens is 537 g/mol. The summed E-state index contributed by atoms with van der Waals surface area (Å²) in [4.78, 5) is 12.6. The molecule has 9 heteroatoms. The Balaban J connectivity index is 0.00000289. The minimum Gasteiger partial charge on any atom is -0.477 e. The molecule has 2 aromatic rings. The maximum atomic E-state index is 5.80. The van der Waals surface area contributed by atoms with Crippen molar-refractivity contribution in [3.05, 3.63) is 46.3 Å². The van der Waals surface area contributed by atoms with Crippen LogP contribution >= 0.6 is 35.3 Å². The predicted octanol–water partition coefficient (Wildman–Crippen LogP) is 3.68. The quantitative estimate of drug-likeness (QED) is 0.272. The van der Waals surface area contributed by atoms with E-state index in [0.717, 1.165) is 50.3 Å². The van der Waals surface area contributed by atoms with Crippen LogP contribution in [0.4, 0.5) is 0 Å². The van der Waals surface area contributed by atoms with Crippen LogP contribution in [0.1, 0.15) is 36.2 Å². The lowest BCUT2D eigenvalue weighted by molar-refractivity contribution is -0.0334. The number of nitrogens with one attached hydrogen (secondary N) is 2. The number of nitrogens with zero attached hydrogens (tertiary/aromatic N) is 3. The van der Waals surface area contributed by atoms with Crippen molar-refractivity contribution in [3.8, 4) is 5.88 Å². The maximum absolute atomic E-state index is 5.80. The fraction of sp³-hybridized carbons (Fsp3) is 0.565. The summed E-state index contributed by atoms with van der Waals surface area (Å²) in [5.41, 5.74) is 1.13. The van der Waals surface area contributed by atoms with Crippen LogP contribution < -0.4 is 15.4 Å². The van der Waals surface area contributed by atoms with Gasteiger partial charge in [-0.1, -0.05) is 6.07 Å².